The number of amides is 3. The Hall–Kier alpha value is -4.86. The van der Waals surface area contributed by atoms with Crippen LogP contribution >= 0.6 is 22.9 Å². The van der Waals surface area contributed by atoms with Gasteiger partial charge in [0.15, 0.2) is 16.9 Å². The molecule has 3 amide bonds. The largest absolute Gasteiger partial charge is 0.448 e. The number of cyclic esters (lactones) is 1. The first-order valence-electron chi connectivity index (χ1n) is 14.5. The highest BCUT2D eigenvalue weighted by molar-refractivity contribution is 7.14. The molecule has 14 nitrogen and oxygen atoms in total. The molecule has 2 fully saturated rings. The van der Waals surface area contributed by atoms with Gasteiger partial charge in [0.2, 0.25) is 5.91 Å². The summed E-state index contributed by atoms with van der Waals surface area (Å²) in [4.78, 5) is 80.3. The van der Waals surface area contributed by atoms with Gasteiger partial charge in [0.05, 0.1) is 6.42 Å². The van der Waals surface area contributed by atoms with Crippen LogP contribution in [0.2, 0.25) is 0 Å². The van der Waals surface area contributed by atoms with Crippen LogP contribution in [0, 0.1) is 0 Å². The first-order chi connectivity index (χ1) is 22.6. The molecule has 1 aromatic heterocycles. The number of carbonyl (C=O) groups excluding carboxylic acids is 5. The highest BCUT2D eigenvalue weighted by atomic mass is 35.5. The molecule has 47 heavy (non-hydrogen) atoms. The molecule has 2 aliphatic heterocycles. The number of hydrogen-bond acceptors (Lipinski definition) is 12. The number of hydroxylamine groups is 2. The number of nitrogens with zero attached hydrogens (tertiary/aromatic N) is 3. The number of hydrogen-bond donors (Lipinski definition) is 2. The van der Waals surface area contributed by atoms with Crippen molar-refractivity contribution in [1.82, 2.24) is 15.4 Å². The van der Waals surface area contributed by atoms with Crippen LogP contribution in [0.4, 0.5) is 5.13 Å². The Bertz CT molecular complexity index is 1630. The quantitative estimate of drug-likeness (QED) is 0.125. The lowest BCUT2D eigenvalue weighted by Crippen LogP contribution is -2.57. The van der Waals surface area contributed by atoms with Crippen molar-refractivity contribution in [2.75, 3.05) is 17.8 Å². The summed E-state index contributed by atoms with van der Waals surface area (Å²) in [6.07, 6.45) is -1.72. The zero-order valence-corrected chi connectivity index (χ0v) is 26.8. The molecule has 0 radical (unpaired) electrons. The third-order valence-corrected chi connectivity index (χ3v) is 7.89. The monoisotopic (exact) mass is 683 g/mol. The number of rotatable bonds is 12. The van der Waals surface area contributed by atoms with Crippen LogP contribution in [-0.4, -0.2) is 75.8 Å². The molecular weight excluding hydrogens is 654 g/mol. The van der Waals surface area contributed by atoms with Gasteiger partial charge < -0.3 is 24.9 Å². The molecule has 3 heterocycles. The van der Waals surface area contributed by atoms with Crippen molar-refractivity contribution < 1.29 is 43.1 Å². The van der Waals surface area contributed by atoms with Crippen LogP contribution in [0.5, 0.6) is 0 Å². The zero-order valence-electron chi connectivity index (χ0n) is 25.2. The van der Waals surface area contributed by atoms with Crippen molar-refractivity contribution in [2.24, 2.45) is 5.16 Å². The number of anilines is 1. The van der Waals surface area contributed by atoms with Crippen molar-refractivity contribution in [3.8, 4) is 0 Å². The second-order valence-electron chi connectivity index (χ2n) is 10.6. The average molecular weight is 684 g/mol. The highest BCUT2D eigenvalue weighted by Crippen LogP contribution is 2.37. The van der Waals surface area contributed by atoms with Gasteiger partial charge in [0.1, 0.15) is 30.3 Å². The van der Waals surface area contributed by atoms with Gasteiger partial charge in [-0.05, 0) is 25.0 Å². The lowest BCUT2D eigenvalue weighted by Gasteiger charge is -2.34. The second-order valence-corrected chi connectivity index (χ2v) is 11.8. The molecule has 2 atom stereocenters. The van der Waals surface area contributed by atoms with E-state index in [1.165, 1.54) is 5.38 Å². The Morgan fingerprint density at radius 2 is 1.77 bits per heavy atom. The summed E-state index contributed by atoms with van der Waals surface area (Å²) in [5.41, 5.74) is -1.18. The van der Waals surface area contributed by atoms with Gasteiger partial charge in [-0.1, -0.05) is 65.8 Å². The van der Waals surface area contributed by atoms with E-state index in [9.17, 15) is 24.0 Å². The van der Waals surface area contributed by atoms with E-state index >= 15 is 0 Å². The van der Waals surface area contributed by atoms with Gasteiger partial charge in [-0.25, -0.2) is 9.78 Å². The number of halogens is 1. The summed E-state index contributed by atoms with van der Waals surface area (Å²) in [5.74, 6) is -4.27. The molecule has 3 aromatic rings. The van der Waals surface area contributed by atoms with E-state index < -0.39 is 60.2 Å². The van der Waals surface area contributed by atoms with E-state index in [-0.39, 0.29) is 35.3 Å². The average Bonchev–Trinajstić information content (AvgIpc) is 3.80. The standard InChI is InChI=1S/C31H30ClN5O9S/c1-18(2)46-36-25(22-17-47-30(34-22)35-23(38)15-32)27(40)33-21-16-43-37(28(21)41)31(14-13-24(39)45-31)29(42)44-26(19-9-5-3-6-10-19)20-11-7-4-8-12-20/h3-12,17-18,21,26H,13-16H2,1-2H3,(H,33,40)(H,34,35,38)/t21-,31?/m0/s1. The fraction of sp³-hybridized carbons (Fsp3) is 0.323. The number of nitrogens with one attached hydrogen (secondary N) is 2. The van der Waals surface area contributed by atoms with Crippen LogP contribution in [0.1, 0.15) is 49.6 Å². The Labute approximate surface area is 277 Å². The Balaban J connectivity index is 1.36. The van der Waals surface area contributed by atoms with Crippen molar-refractivity contribution in [1.29, 1.82) is 0 Å². The summed E-state index contributed by atoms with van der Waals surface area (Å²) >= 11 is 6.56. The number of ether oxygens (including phenoxy) is 2. The molecule has 0 aliphatic carbocycles. The van der Waals surface area contributed by atoms with Gasteiger partial charge in [-0.2, -0.15) is 5.06 Å². The molecule has 0 spiro atoms. The smallest absolute Gasteiger partial charge is 0.376 e. The number of benzene rings is 2. The highest BCUT2D eigenvalue weighted by Gasteiger charge is 2.60. The van der Waals surface area contributed by atoms with Crippen molar-refractivity contribution >= 4 is 63.4 Å². The molecule has 0 bridgehead atoms. The fourth-order valence-corrected chi connectivity index (χ4v) is 5.49. The molecule has 2 aliphatic rings. The maximum Gasteiger partial charge on any atom is 0.376 e. The van der Waals surface area contributed by atoms with E-state index in [0.717, 1.165) is 11.3 Å². The number of carbonyl (C=O) groups is 5. The van der Waals surface area contributed by atoms with Gasteiger partial charge in [-0.3, -0.25) is 24.0 Å². The lowest BCUT2D eigenvalue weighted by molar-refractivity contribution is -0.260. The summed E-state index contributed by atoms with van der Waals surface area (Å²) in [6.45, 7) is 2.99. The third-order valence-electron chi connectivity index (χ3n) is 6.89. The molecule has 0 saturated carbocycles. The summed E-state index contributed by atoms with van der Waals surface area (Å²) in [6, 6.07) is 16.6. The number of alkyl halides is 1. The Morgan fingerprint density at radius 3 is 2.34 bits per heavy atom. The Morgan fingerprint density at radius 1 is 1.11 bits per heavy atom. The predicted molar refractivity (Wildman–Crippen MR) is 168 cm³/mol. The molecule has 5 rings (SSSR count). The van der Waals surface area contributed by atoms with Crippen LogP contribution in [0.15, 0.2) is 71.2 Å². The number of aromatic nitrogens is 1. The topological polar surface area (TPSA) is 175 Å². The molecule has 16 heteroatoms. The third kappa shape index (κ3) is 7.59. The molecular formula is C31H30ClN5O9S. The number of oxime groups is 1. The van der Waals surface area contributed by atoms with Crippen LogP contribution in [-0.2, 0) is 43.1 Å². The van der Waals surface area contributed by atoms with Crippen molar-refractivity contribution in [3.05, 3.63) is 82.9 Å². The van der Waals surface area contributed by atoms with E-state index in [1.54, 1.807) is 62.4 Å². The van der Waals surface area contributed by atoms with Crippen LogP contribution in [0.25, 0.3) is 0 Å². The van der Waals surface area contributed by atoms with Gasteiger partial charge in [0, 0.05) is 11.8 Å². The molecule has 2 N–H and O–H groups in total. The molecule has 2 aromatic carbocycles. The minimum atomic E-state index is -2.24. The Kier molecular flexibility index (Phi) is 10.5. The first-order valence-corrected chi connectivity index (χ1v) is 15.9. The molecule has 246 valence electrons. The lowest BCUT2D eigenvalue weighted by atomic mass is 10.0. The molecule has 2 saturated heterocycles. The van der Waals surface area contributed by atoms with Gasteiger partial charge in [-0.15, -0.1) is 22.9 Å². The van der Waals surface area contributed by atoms with Crippen LogP contribution in [0.3, 0.4) is 0 Å². The predicted octanol–water partition coefficient (Wildman–Crippen LogP) is 3.07. The van der Waals surface area contributed by atoms with E-state index in [1.807, 2.05) is 12.1 Å². The number of thiazole rings is 1. The SMILES string of the molecule is CC(C)ON=C(C(=O)N[C@H]1CON(C2(C(=O)OC(c3ccccc3)c3ccccc3)CCC(=O)O2)C1=O)c1csc(NC(=O)CCl)n1. The fourth-order valence-electron chi connectivity index (χ4n) is 4.71. The first kappa shape index (κ1) is 33.5. The second kappa shape index (κ2) is 14.7. The maximum atomic E-state index is 13.9. The van der Waals surface area contributed by atoms with E-state index in [2.05, 4.69) is 20.8 Å². The van der Waals surface area contributed by atoms with E-state index in [0.29, 0.717) is 16.2 Å². The van der Waals surface area contributed by atoms with Gasteiger partial charge in [0.25, 0.3) is 11.8 Å². The summed E-state index contributed by atoms with van der Waals surface area (Å²) in [7, 11) is 0. The number of esters is 2. The minimum Gasteiger partial charge on any atom is -0.448 e. The minimum absolute atomic E-state index is 0.0545. The maximum absolute atomic E-state index is 13.9. The van der Waals surface area contributed by atoms with Crippen molar-refractivity contribution in [2.45, 2.75) is 50.7 Å². The summed E-state index contributed by atoms with van der Waals surface area (Å²) < 4.78 is 11.4. The molecule has 1 unspecified atom stereocenters. The van der Waals surface area contributed by atoms with E-state index in [4.69, 9.17) is 30.7 Å². The van der Waals surface area contributed by atoms with Gasteiger partial charge >= 0.3 is 17.7 Å². The van der Waals surface area contributed by atoms with Crippen molar-refractivity contribution in [3.63, 3.8) is 0 Å². The summed E-state index contributed by atoms with van der Waals surface area (Å²) in [5, 5.41) is 11.2. The normalized spacial score (nSPS) is 19.6. The van der Waals surface area contributed by atoms with Crippen LogP contribution < -0.4 is 10.6 Å². The zero-order chi connectivity index (χ0) is 33.6.